The number of aromatic nitrogens is 2. The van der Waals surface area contributed by atoms with Crippen LogP contribution in [0.3, 0.4) is 0 Å². The lowest BCUT2D eigenvalue weighted by molar-refractivity contribution is 0.0373. The van der Waals surface area contributed by atoms with Crippen molar-refractivity contribution in [2.24, 2.45) is 0 Å². The highest BCUT2D eigenvalue weighted by molar-refractivity contribution is 8.00. The van der Waals surface area contributed by atoms with Crippen LogP contribution in [0.4, 0.5) is 13.2 Å². The number of aromatic amines is 1. The van der Waals surface area contributed by atoms with Crippen LogP contribution in [0.25, 0.3) is 0 Å². The Labute approximate surface area is 152 Å². The first-order valence-electron chi connectivity index (χ1n) is 8.10. The minimum Gasteiger partial charge on any atom is -0.368 e. The molecule has 3 aromatic rings. The van der Waals surface area contributed by atoms with Crippen molar-refractivity contribution < 1.29 is 17.9 Å². The maximum atomic E-state index is 13.9. The SMILES string of the molecule is Fc1ccc2c(c1)S[C@@H](Cc1ncc[nH]1)[C@H]2OCc1cccc(F)c1F. The molecule has 2 heterocycles. The predicted octanol–water partition coefficient (Wildman–Crippen LogP) is 4.80. The molecule has 7 heteroatoms. The number of fused-ring (bicyclic) bond motifs is 1. The first kappa shape index (κ1) is 17.2. The van der Waals surface area contributed by atoms with Crippen LogP contribution in [-0.2, 0) is 17.8 Å². The molecule has 2 aromatic carbocycles. The van der Waals surface area contributed by atoms with Gasteiger partial charge in [-0.05, 0) is 23.8 Å². The number of ether oxygens (including phenoxy) is 1. The zero-order valence-electron chi connectivity index (χ0n) is 13.6. The van der Waals surface area contributed by atoms with Crippen molar-refractivity contribution >= 4 is 11.8 Å². The molecular formula is C19H15F3N2OS. The molecule has 4 rings (SSSR count). The van der Waals surface area contributed by atoms with E-state index in [0.29, 0.717) is 6.42 Å². The predicted molar refractivity (Wildman–Crippen MR) is 92.2 cm³/mol. The average Bonchev–Trinajstić information content (AvgIpc) is 3.24. The fraction of sp³-hybridized carbons (Fsp3) is 0.211. The molecule has 3 nitrogen and oxygen atoms in total. The van der Waals surface area contributed by atoms with Gasteiger partial charge < -0.3 is 9.72 Å². The minimum atomic E-state index is -0.903. The molecule has 0 saturated heterocycles. The number of halogens is 3. The van der Waals surface area contributed by atoms with Crippen LogP contribution in [0.2, 0.25) is 0 Å². The topological polar surface area (TPSA) is 37.9 Å². The summed E-state index contributed by atoms with van der Waals surface area (Å²) in [6, 6.07) is 8.56. The van der Waals surface area contributed by atoms with Gasteiger partial charge in [-0.1, -0.05) is 18.2 Å². The Morgan fingerprint density at radius 1 is 1.15 bits per heavy atom. The molecular weight excluding hydrogens is 361 g/mol. The maximum Gasteiger partial charge on any atom is 0.164 e. The molecule has 1 aliphatic heterocycles. The Morgan fingerprint density at radius 2 is 2.04 bits per heavy atom. The molecule has 1 N–H and O–H groups in total. The van der Waals surface area contributed by atoms with Crippen LogP contribution in [0.15, 0.2) is 53.7 Å². The van der Waals surface area contributed by atoms with Crippen LogP contribution in [-0.4, -0.2) is 15.2 Å². The summed E-state index contributed by atoms with van der Waals surface area (Å²) < 4.78 is 46.8. The summed E-state index contributed by atoms with van der Waals surface area (Å²) in [4.78, 5) is 8.08. The van der Waals surface area contributed by atoms with Gasteiger partial charge in [0.2, 0.25) is 0 Å². The van der Waals surface area contributed by atoms with E-state index in [-0.39, 0.29) is 29.3 Å². The third kappa shape index (κ3) is 3.37. The molecule has 0 unspecified atom stereocenters. The van der Waals surface area contributed by atoms with Crippen molar-refractivity contribution in [1.82, 2.24) is 9.97 Å². The van der Waals surface area contributed by atoms with Gasteiger partial charge >= 0.3 is 0 Å². The van der Waals surface area contributed by atoms with Crippen molar-refractivity contribution in [3.05, 3.63) is 83.2 Å². The number of hydrogen-bond acceptors (Lipinski definition) is 3. The van der Waals surface area contributed by atoms with Crippen LogP contribution < -0.4 is 0 Å². The molecule has 0 bridgehead atoms. The highest BCUT2D eigenvalue weighted by Crippen LogP contribution is 2.47. The number of thioether (sulfide) groups is 1. The Kier molecular flexibility index (Phi) is 4.74. The monoisotopic (exact) mass is 376 g/mol. The third-order valence-electron chi connectivity index (χ3n) is 4.30. The molecule has 0 fully saturated rings. The summed E-state index contributed by atoms with van der Waals surface area (Å²) in [5.41, 5.74) is 1.01. The highest BCUT2D eigenvalue weighted by atomic mass is 32.2. The molecule has 1 aromatic heterocycles. The van der Waals surface area contributed by atoms with Crippen molar-refractivity contribution in [2.45, 2.75) is 29.3 Å². The number of imidazole rings is 1. The molecule has 26 heavy (non-hydrogen) atoms. The zero-order chi connectivity index (χ0) is 18.1. The van der Waals surface area contributed by atoms with E-state index in [4.69, 9.17) is 4.74 Å². The second-order valence-electron chi connectivity index (χ2n) is 6.02. The molecule has 0 amide bonds. The van der Waals surface area contributed by atoms with E-state index in [9.17, 15) is 13.2 Å². The summed E-state index contributed by atoms with van der Waals surface area (Å²) in [6.07, 6.45) is 3.62. The van der Waals surface area contributed by atoms with E-state index in [0.717, 1.165) is 22.3 Å². The lowest BCUT2D eigenvalue weighted by atomic mass is 10.0. The van der Waals surface area contributed by atoms with Gasteiger partial charge in [0.1, 0.15) is 11.6 Å². The number of H-pyrrole nitrogens is 1. The summed E-state index contributed by atoms with van der Waals surface area (Å²) in [7, 11) is 0. The van der Waals surface area contributed by atoms with Crippen LogP contribution in [0.5, 0.6) is 0 Å². The third-order valence-corrected chi connectivity index (χ3v) is 5.62. The van der Waals surface area contributed by atoms with Crippen LogP contribution >= 0.6 is 11.8 Å². The summed E-state index contributed by atoms with van der Waals surface area (Å²) >= 11 is 1.51. The minimum absolute atomic E-state index is 0.0467. The van der Waals surface area contributed by atoms with Crippen LogP contribution in [0, 0.1) is 17.5 Å². The van der Waals surface area contributed by atoms with Crippen LogP contribution in [0.1, 0.15) is 23.1 Å². The molecule has 2 atom stereocenters. The Balaban J connectivity index is 1.58. The van der Waals surface area contributed by atoms with E-state index in [1.54, 1.807) is 18.5 Å². The summed E-state index contributed by atoms with van der Waals surface area (Å²) in [5.74, 6) is -1.33. The molecule has 0 saturated carbocycles. The Hall–Kier alpha value is -2.25. The fourth-order valence-corrected chi connectivity index (χ4v) is 4.47. The van der Waals surface area contributed by atoms with Gasteiger partial charge in [0.25, 0.3) is 0 Å². The van der Waals surface area contributed by atoms with E-state index < -0.39 is 11.6 Å². The molecule has 0 spiro atoms. The normalized spacial score (nSPS) is 18.9. The molecule has 0 radical (unpaired) electrons. The van der Waals surface area contributed by atoms with Gasteiger partial charge in [0, 0.05) is 34.5 Å². The van der Waals surface area contributed by atoms with Gasteiger partial charge in [-0.2, -0.15) is 0 Å². The Morgan fingerprint density at radius 3 is 2.85 bits per heavy atom. The first-order valence-corrected chi connectivity index (χ1v) is 8.98. The lowest BCUT2D eigenvalue weighted by Crippen LogP contribution is -2.17. The second-order valence-corrected chi connectivity index (χ2v) is 7.30. The van der Waals surface area contributed by atoms with Gasteiger partial charge in [0.15, 0.2) is 11.6 Å². The number of nitrogens with zero attached hydrogens (tertiary/aromatic N) is 1. The van der Waals surface area contributed by atoms with Crippen molar-refractivity contribution in [2.75, 3.05) is 0 Å². The molecule has 0 aliphatic carbocycles. The van der Waals surface area contributed by atoms with Gasteiger partial charge in [-0.15, -0.1) is 11.8 Å². The quantitative estimate of drug-likeness (QED) is 0.695. The number of nitrogens with one attached hydrogen (secondary N) is 1. The van der Waals surface area contributed by atoms with Gasteiger partial charge in [0.05, 0.1) is 12.7 Å². The van der Waals surface area contributed by atoms with Crippen molar-refractivity contribution in [1.29, 1.82) is 0 Å². The van der Waals surface area contributed by atoms with E-state index in [1.165, 1.54) is 36.0 Å². The summed E-state index contributed by atoms with van der Waals surface area (Å²) in [6.45, 7) is -0.0692. The zero-order valence-corrected chi connectivity index (χ0v) is 14.4. The smallest absolute Gasteiger partial charge is 0.164 e. The van der Waals surface area contributed by atoms with Crippen molar-refractivity contribution in [3.63, 3.8) is 0 Å². The summed E-state index contributed by atoms with van der Waals surface area (Å²) in [5, 5.41) is -0.0467. The number of rotatable bonds is 5. The number of benzene rings is 2. The van der Waals surface area contributed by atoms with E-state index in [1.807, 2.05) is 0 Å². The average molecular weight is 376 g/mol. The van der Waals surface area contributed by atoms with E-state index >= 15 is 0 Å². The lowest BCUT2D eigenvalue weighted by Gasteiger charge is -2.20. The molecule has 134 valence electrons. The van der Waals surface area contributed by atoms with E-state index in [2.05, 4.69) is 9.97 Å². The standard InChI is InChI=1S/C19H15F3N2OS/c20-12-4-5-13-15(8-12)26-16(9-17-23-6-7-24-17)19(13)25-10-11-2-1-3-14(21)18(11)22/h1-8,16,19H,9-10H2,(H,23,24)/t16-,19-/m0/s1. The molecule has 1 aliphatic rings. The fourth-order valence-electron chi connectivity index (χ4n) is 3.06. The van der Waals surface area contributed by atoms with Gasteiger partial charge in [-0.25, -0.2) is 18.2 Å². The maximum absolute atomic E-state index is 13.9. The largest absolute Gasteiger partial charge is 0.368 e. The van der Waals surface area contributed by atoms with Gasteiger partial charge in [-0.3, -0.25) is 0 Å². The second kappa shape index (κ2) is 7.17. The highest BCUT2D eigenvalue weighted by Gasteiger charge is 2.35. The number of hydrogen-bond donors (Lipinski definition) is 1. The first-order chi connectivity index (χ1) is 12.6. The van der Waals surface area contributed by atoms with Crippen molar-refractivity contribution in [3.8, 4) is 0 Å². The Bertz CT molecular complexity index is 917.